The third-order valence-corrected chi connectivity index (χ3v) is 1.82. The summed E-state index contributed by atoms with van der Waals surface area (Å²) in [5.74, 6) is 0. The van der Waals surface area contributed by atoms with Crippen molar-refractivity contribution in [3.8, 4) is 0 Å². The van der Waals surface area contributed by atoms with Gasteiger partial charge in [-0.05, 0) is 38.5 Å². The lowest BCUT2D eigenvalue weighted by Crippen LogP contribution is -1.75. The van der Waals surface area contributed by atoms with E-state index in [0.29, 0.717) is 0 Å². The van der Waals surface area contributed by atoms with Crippen LogP contribution in [0.3, 0.4) is 0 Å². The van der Waals surface area contributed by atoms with Crippen LogP contribution in [0.1, 0.15) is 38.5 Å². The summed E-state index contributed by atoms with van der Waals surface area (Å²) in [7, 11) is 0. The van der Waals surface area contributed by atoms with Crippen LogP contribution in [0.25, 0.3) is 0 Å². The van der Waals surface area contributed by atoms with Crippen LogP contribution in [0.2, 0.25) is 0 Å². The molecule has 56 valence electrons. The normalized spacial score (nSPS) is 27.2. The minimum Gasteiger partial charge on any atom is -0.0885 e. The van der Waals surface area contributed by atoms with E-state index in [2.05, 4.69) is 24.3 Å². The first-order valence-electron chi connectivity index (χ1n) is 4.30. The lowest BCUT2D eigenvalue weighted by molar-refractivity contribution is 0.816. The van der Waals surface area contributed by atoms with Gasteiger partial charge >= 0.3 is 0 Å². The van der Waals surface area contributed by atoms with Crippen molar-refractivity contribution in [2.24, 2.45) is 0 Å². The monoisotopic (exact) mass is 136 g/mol. The van der Waals surface area contributed by atoms with Crippen molar-refractivity contribution in [1.82, 2.24) is 0 Å². The quantitative estimate of drug-likeness (QED) is 0.447. The maximum atomic E-state index is 2.32. The minimum absolute atomic E-state index is 1.27. The average Bonchev–Trinajstić information content (AvgIpc) is 2.01. The van der Waals surface area contributed by atoms with Gasteiger partial charge in [-0.25, -0.2) is 0 Å². The van der Waals surface area contributed by atoms with Crippen molar-refractivity contribution in [3.63, 3.8) is 0 Å². The van der Waals surface area contributed by atoms with Gasteiger partial charge < -0.3 is 0 Å². The number of hydrogen-bond donors (Lipinski definition) is 0. The van der Waals surface area contributed by atoms with E-state index >= 15 is 0 Å². The molecule has 0 amide bonds. The molecule has 1 aliphatic rings. The predicted molar refractivity (Wildman–Crippen MR) is 46.0 cm³/mol. The van der Waals surface area contributed by atoms with E-state index in [1.807, 2.05) is 0 Å². The molecular weight excluding hydrogens is 120 g/mol. The number of allylic oxidation sites excluding steroid dienone is 4. The predicted octanol–water partition coefficient (Wildman–Crippen LogP) is 3.45. The lowest BCUT2D eigenvalue weighted by Gasteiger charge is -1.95. The molecule has 0 nitrogen and oxygen atoms in total. The molecule has 0 fully saturated rings. The van der Waals surface area contributed by atoms with Crippen LogP contribution in [0.15, 0.2) is 24.3 Å². The third-order valence-electron chi connectivity index (χ3n) is 1.82. The first-order valence-corrected chi connectivity index (χ1v) is 4.30. The van der Waals surface area contributed by atoms with Crippen molar-refractivity contribution in [2.75, 3.05) is 0 Å². The fraction of sp³-hybridized carbons (Fsp3) is 0.600. The molecule has 0 N–H and O–H groups in total. The molecule has 0 aliphatic heterocycles. The fourth-order valence-electron chi connectivity index (χ4n) is 1.18. The van der Waals surface area contributed by atoms with Gasteiger partial charge in [-0.2, -0.15) is 0 Å². The van der Waals surface area contributed by atoms with Gasteiger partial charge in [0.25, 0.3) is 0 Å². The smallest absolute Gasteiger partial charge is 0.0348 e. The maximum Gasteiger partial charge on any atom is -0.0348 e. The van der Waals surface area contributed by atoms with E-state index in [1.165, 1.54) is 38.5 Å². The van der Waals surface area contributed by atoms with Crippen LogP contribution in [-0.4, -0.2) is 0 Å². The highest BCUT2D eigenvalue weighted by molar-refractivity contribution is 4.88. The minimum atomic E-state index is 1.27. The summed E-state index contributed by atoms with van der Waals surface area (Å²) < 4.78 is 0. The Labute approximate surface area is 63.6 Å². The van der Waals surface area contributed by atoms with Crippen LogP contribution < -0.4 is 0 Å². The second kappa shape index (κ2) is 5.28. The second-order valence-electron chi connectivity index (χ2n) is 2.80. The zero-order valence-electron chi connectivity index (χ0n) is 6.55. The van der Waals surface area contributed by atoms with Crippen LogP contribution in [-0.2, 0) is 0 Å². The SMILES string of the molecule is C1=C/CCC/C=C/CCC/1. The zero-order valence-corrected chi connectivity index (χ0v) is 6.55. The molecule has 0 unspecified atom stereocenters. The van der Waals surface area contributed by atoms with E-state index in [1.54, 1.807) is 0 Å². The Balaban J connectivity index is 2.22. The summed E-state index contributed by atoms with van der Waals surface area (Å²) in [5.41, 5.74) is 0. The molecule has 0 heterocycles. The Hall–Kier alpha value is -0.520. The first kappa shape index (κ1) is 7.59. The van der Waals surface area contributed by atoms with Crippen molar-refractivity contribution in [1.29, 1.82) is 0 Å². The number of hydrogen-bond acceptors (Lipinski definition) is 0. The lowest BCUT2D eigenvalue weighted by atomic mass is 10.1. The average molecular weight is 136 g/mol. The summed E-state index contributed by atoms with van der Waals surface area (Å²) in [6.07, 6.45) is 17.0. The highest BCUT2D eigenvalue weighted by Gasteiger charge is 1.85. The van der Waals surface area contributed by atoms with E-state index in [9.17, 15) is 0 Å². The van der Waals surface area contributed by atoms with Gasteiger partial charge in [0.1, 0.15) is 0 Å². The molecule has 0 saturated heterocycles. The molecular formula is C10H16. The van der Waals surface area contributed by atoms with Crippen molar-refractivity contribution in [2.45, 2.75) is 38.5 Å². The van der Waals surface area contributed by atoms with Gasteiger partial charge in [0.15, 0.2) is 0 Å². The molecule has 0 aromatic rings. The standard InChI is InChI=1S/C10H16/c1-2-4-6-8-10-9-7-5-3-1/h1-2,9-10H,3-8H2/b2-1+,10-9+. The van der Waals surface area contributed by atoms with Crippen molar-refractivity contribution >= 4 is 0 Å². The molecule has 0 radical (unpaired) electrons. The van der Waals surface area contributed by atoms with Gasteiger partial charge in [0.05, 0.1) is 0 Å². The van der Waals surface area contributed by atoms with E-state index in [0.717, 1.165) is 0 Å². The van der Waals surface area contributed by atoms with Gasteiger partial charge in [-0.15, -0.1) is 0 Å². The van der Waals surface area contributed by atoms with Gasteiger partial charge in [0.2, 0.25) is 0 Å². The van der Waals surface area contributed by atoms with Crippen molar-refractivity contribution < 1.29 is 0 Å². The topological polar surface area (TPSA) is 0 Å². The number of rotatable bonds is 0. The summed E-state index contributed by atoms with van der Waals surface area (Å²) in [5, 5.41) is 0. The zero-order chi connectivity index (χ0) is 7.07. The first-order chi connectivity index (χ1) is 5.00. The van der Waals surface area contributed by atoms with Crippen LogP contribution in [0.5, 0.6) is 0 Å². The summed E-state index contributed by atoms with van der Waals surface area (Å²) in [4.78, 5) is 0. The molecule has 1 aliphatic carbocycles. The third kappa shape index (κ3) is 3.49. The second-order valence-corrected chi connectivity index (χ2v) is 2.80. The molecule has 10 heavy (non-hydrogen) atoms. The van der Waals surface area contributed by atoms with Crippen LogP contribution in [0.4, 0.5) is 0 Å². The summed E-state index contributed by atoms with van der Waals surface area (Å²) in [6, 6.07) is 0. The molecule has 0 aromatic heterocycles. The van der Waals surface area contributed by atoms with Crippen LogP contribution >= 0.6 is 0 Å². The van der Waals surface area contributed by atoms with E-state index in [4.69, 9.17) is 0 Å². The molecule has 0 atom stereocenters. The molecule has 0 aromatic carbocycles. The Morgan fingerprint density at radius 3 is 1.10 bits per heavy atom. The van der Waals surface area contributed by atoms with Gasteiger partial charge in [-0.3, -0.25) is 0 Å². The summed E-state index contributed by atoms with van der Waals surface area (Å²) in [6.45, 7) is 0. The van der Waals surface area contributed by atoms with E-state index < -0.39 is 0 Å². The van der Waals surface area contributed by atoms with Crippen molar-refractivity contribution in [3.05, 3.63) is 24.3 Å². The molecule has 0 heteroatoms. The fourth-order valence-corrected chi connectivity index (χ4v) is 1.18. The Kier molecular flexibility index (Phi) is 4.00. The largest absolute Gasteiger partial charge is 0.0885 e. The molecule has 0 saturated carbocycles. The van der Waals surface area contributed by atoms with Crippen LogP contribution in [0, 0.1) is 0 Å². The Morgan fingerprint density at radius 2 is 0.800 bits per heavy atom. The van der Waals surface area contributed by atoms with Gasteiger partial charge in [-0.1, -0.05) is 24.3 Å². The Bertz CT molecular complexity index is 92.0. The van der Waals surface area contributed by atoms with E-state index in [-0.39, 0.29) is 0 Å². The van der Waals surface area contributed by atoms with Gasteiger partial charge in [0, 0.05) is 0 Å². The highest BCUT2D eigenvalue weighted by Crippen LogP contribution is 2.05. The maximum absolute atomic E-state index is 2.32. The molecule has 0 bridgehead atoms. The Morgan fingerprint density at radius 1 is 0.500 bits per heavy atom. The molecule has 1 rings (SSSR count). The molecule has 0 spiro atoms. The highest BCUT2D eigenvalue weighted by atomic mass is 13.9. The summed E-state index contributed by atoms with van der Waals surface area (Å²) >= 11 is 0.